The van der Waals surface area contributed by atoms with E-state index in [0.29, 0.717) is 5.56 Å². The van der Waals surface area contributed by atoms with Crippen LogP contribution in [-0.4, -0.2) is 23.2 Å². The molecule has 0 unspecified atom stereocenters. The number of H-pyrrole nitrogens is 1. The Labute approximate surface area is 163 Å². The molecule has 1 saturated carbocycles. The predicted octanol–water partition coefficient (Wildman–Crippen LogP) is 4.55. The standard InChI is InChI=1S/C22H22N4O2/c23-14-15-1-6-19(7-2-15)28-20-8-3-17(4-9-20)25-22(27)26-18-5-10-21-16(13-18)11-12-24-21/h1-2,5-7,10-13,17,20,24H,3-4,8-9H2,(H2,25,26,27). The van der Waals surface area contributed by atoms with E-state index in [9.17, 15) is 4.79 Å². The van der Waals surface area contributed by atoms with Gasteiger partial charge in [-0.1, -0.05) is 0 Å². The number of amides is 2. The minimum Gasteiger partial charge on any atom is -0.490 e. The highest BCUT2D eigenvalue weighted by Crippen LogP contribution is 2.24. The Kier molecular flexibility index (Phi) is 5.16. The summed E-state index contributed by atoms with van der Waals surface area (Å²) in [5, 5.41) is 15.9. The van der Waals surface area contributed by atoms with Crippen molar-refractivity contribution in [2.45, 2.75) is 37.8 Å². The van der Waals surface area contributed by atoms with E-state index in [1.807, 2.05) is 42.6 Å². The van der Waals surface area contributed by atoms with Crippen LogP contribution >= 0.6 is 0 Å². The van der Waals surface area contributed by atoms with Crippen molar-refractivity contribution in [1.82, 2.24) is 10.3 Å². The highest BCUT2D eigenvalue weighted by atomic mass is 16.5. The molecule has 0 bridgehead atoms. The number of nitriles is 1. The van der Waals surface area contributed by atoms with Gasteiger partial charge in [0, 0.05) is 28.8 Å². The molecule has 6 nitrogen and oxygen atoms in total. The maximum Gasteiger partial charge on any atom is 0.319 e. The maximum atomic E-state index is 12.3. The van der Waals surface area contributed by atoms with Crippen LogP contribution in [0.4, 0.5) is 10.5 Å². The van der Waals surface area contributed by atoms with Crippen LogP contribution in [0.1, 0.15) is 31.2 Å². The Morgan fingerprint density at radius 1 is 1.07 bits per heavy atom. The highest BCUT2D eigenvalue weighted by Gasteiger charge is 2.23. The molecule has 0 atom stereocenters. The highest BCUT2D eigenvalue weighted by molar-refractivity contribution is 5.92. The first-order valence-corrected chi connectivity index (χ1v) is 9.51. The molecule has 0 spiro atoms. The largest absolute Gasteiger partial charge is 0.490 e. The second kappa shape index (κ2) is 8.05. The van der Waals surface area contributed by atoms with Crippen LogP contribution in [0.25, 0.3) is 10.9 Å². The number of urea groups is 1. The van der Waals surface area contributed by atoms with Crippen molar-refractivity contribution < 1.29 is 9.53 Å². The molecule has 6 heteroatoms. The van der Waals surface area contributed by atoms with Gasteiger partial charge in [-0.05, 0) is 74.2 Å². The minimum atomic E-state index is -0.175. The van der Waals surface area contributed by atoms with E-state index in [-0.39, 0.29) is 18.2 Å². The summed E-state index contributed by atoms with van der Waals surface area (Å²) in [6, 6.07) is 17.0. The van der Waals surface area contributed by atoms with Gasteiger partial charge in [0.05, 0.1) is 17.7 Å². The van der Waals surface area contributed by atoms with E-state index in [4.69, 9.17) is 10.00 Å². The number of carbonyl (C=O) groups is 1. The number of hydrogen-bond acceptors (Lipinski definition) is 3. The van der Waals surface area contributed by atoms with Gasteiger partial charge in [-0.25, -0.2) is 4.79 Å². The first-order chi connectivity index (χ1) is 13.7. The lowest BCUT2D eigenvalue weighted by molar-refractivity contribution is 0.141. The summed E-state index contributed by atoms with van der Waals surface area (Å²) >= 11 is 0. The van der Waals surface area contributed by atoms with E-state index in [2.05, 4.69) is 21.7 Å². The van der Waals surface area contributed by atoms with Crippen molar-refractivity contribution in [2.75, 3.05) is 5.32 Å². The number of aromatic amines is 1. The number of nitrogens with zero attached hydrogens (tertiary/aromatic N) is 1. The number of anilines is 1. The summed E-state index contributed by atoms with van der Waals surface area (Å²) < 4.78 is 6.00. The first kappa shape index (κ1) is 17.9. The number of carbonyl (C=O) groups excluding carboxylic acids is 1. The second-order valence-electron chi connectivity index (χ2n) is 7.11. The average molecular weight is 374 g/mol. The smallest absolute Gasteiger partial charge is 0.319 e. The summed E-state index contributed by atoms with van der Waals surface area (Å²) in [4.78, 5) is 15.4. The van der Waals surface area contributed by atoms with Crippen LogP contribution in [0, 0.1) is 11.3 Å². The van der Waals surface area contributed by atoms with Gasteiger partial charge < -0.3 is 20.4 Å². The lowest BCUT2D eigenvalue weighted by Crippen LogP contribution is -2.41. The Morgan fingerprint density at radius 3 is 2.61 bits per heavy atom. The van der Waals surface area contributed by atoms with E-state index in [0.717, 1.165) is 48.0 Å². The minimum absolute atomic E-state index is 0.144. The fraction of sp³-hybridized carbons (Fsp3) is 0.273. The number of hydrogen-bond donors (Lipinski definition) is 3. The van der Waals surface area contributed by atoms with Gasteiger partial charge in [-0.2, -0.15) is 5.26 Å². The lowest BCUT2D eigenvalue weighted by atomic mass is 9.93. The molecule has 3 N–H and O–H groups in total. The third kappa shape index (κ3) is 4.26. The van der Waals surface area contributed by atoms with Crippen LogP contribution in [0.15, 0.2) is 54.7 Å². The summed E-state index contributed by atoms with van der Waals surface area (Å²) in [6.45, 7) is 0. The van der Waals surface area contributed by atoms with E-state index in [1.54, 1.807) is 12.1 Å². The number of fused-ring (bicyclic) bond motifs is 1. The van der Waals surface area contributed by atoms with Crippen molar-refractivity contribution in [3.8, 4) is 11.8 Å². The van der Waals surface area contributed by atoms with E-state index < -0.39 is 0 Å². The van der Waals surface area contributed by atoms with Crippen LogP contribution < -0.4 is 15.4 Å². The van der Waals surface area contributed by atoms with Gasteiger partial charge in [0.2, 0.25) is 0 Å². The van der Waals surface area contributed by atoms with Gasteiger partial charge in [0.1, 0.15) is 5.75 Å². The van der Waals surface area contributed by atoms with E-state index >= 15 is 0 Å². The third-order valence-corrected chi connectivity index (χ3v) is 5.11. The quantitative estimate of drug-likeness (QED) is 0.626. The SMILES string of the molecule is N#Cc1ccc(OC2CCC(NC(=O)Nc3ccc4[nH]ccc4c3)CC2)cc1. The summed E-state index contributed by atoms with van der Waals surface area (Å²) in [7, 11) is 0. The normalized spacial score (nSPS) is 19.0. The van der Waals surface area contributed by atoms with Crippen molar-refractivity contribution in [2.24, 2.45) is 0 Å². The Morgan fingerprint density at radius 2 is 1.86 bits per heavy atom. The molecule has 3 aromatic rings. The van der Waals surface area contributed by atoms with Crippen LogP contribution in [0.3, 0.4) is 0 Å². The third-order valence-electron chi connectivity index (χ3n) is 5.11. The molecular formula is C22H22N4O2. The molecule has 2 aromatic carbocycles. The molecule has 1 heterocycles. The van der Waals surface area contributed by atoms with Gasteiger partial charge in [0.15, 0.2) is 0 Å². The van der Waals surface area contributed by atoms with Gasteiger partial charge in [0.25, 0.3) is 0 Å². The number of aromatic nitrogens is 1. The molecule has 1 aromatic heterocycles. The first-order valence-electron chi connectivity index (χ1n) is 9.51. The Bertz CT molecular complexity index is 995. The zero-order chi connectivity index (χ0) is 19.3. The fourth-order valence-electron chi connectivity index (χ4n) is 3.61. The summed E-state index contributed by atoms with van der Waals surface area (Å²) in [6.07, 6.45) is 5.56. The average Bonchev–Trinajstić information content (AvgIpc) is 3.18. The van der Waals surface area contributed by atoms with Gasteiger partial charge in [-0.15, -0.1) is 0 Å². The Balaban J connectivity index is 1.24. The number of rotatable bonds is 4. The molecule has 1 fully saturated rings. The van der Waals surface area contributed by atoms with Crippen LogP contribution in [0.2, 0.25) is 0 Å². The fourth-order valence-corrected chi connectivity index (χ4v) is 3.61. The Hall–Kier alpha value is -3.46. The summed E-state index contributed by atoms with van der Waals surface area (Å²) in [5.74, 6) is 0.785. The number of nitrogens with one attached hydrogen (secondary N) is 3. The maximum absolute atomic E-state index is 12.3. The van der Waals surface area contributed by atoms with E-state index in [1.165, 1.54) is 0 Å². The molecule has 4 rings (SSSR count). The molecule has 142 valence electrons. The van der Waals surface area contributed by atoms with Crippen molar-refractivity contribution >= 4 is 22.6 Å². The molecule has 1 aliphatic carbocycles. The van der Waals surface area contributed by atoms with Crippen molar-refractivity contribution in [3.05, 3.63) is 60.3 Å². The topological polar surface area (TPSA) is 89.9 Å². The van der Waals surface area contributed by atoms with Crippen molar-refractivity contribution in [3.63, 3.8) is 0 Å². The van der Waals surface area contributed by atoms with Crippen LogP contribution in [0.5, 0.6) is 5.75 Å². The number of benzene rings is 2. The molecule has 0 saturated heterocycles. The van der Waals surface area contributed by atoms with Gasteiger partial charge >= 0.3 is 6.03 Å². The molecule has 28 heavy (non-hydrogen) atoms. The molecular weight excluding hydrogens is 352 g/mol. The van der Waals surface area contributed by atoms with Gasteiger partial charge in [-0.3, -0.25) is 0 Å². The zero-order valence-electron chi connectivity index (χ0n) is 15.4. The predicted molar refractivity (Wildman–Crippen MR) is 108 cm³/mol. The van der Waals surface area contributed by atoms with Crippen LogP contribution in [-0.2, 0) is 0 Å². The van der Waals surface area contributed by atoms with Crippen molar-refractivity contribution in [1.29, 1.82) is 5.26 Å². The lowest BCUT2D eigenvalue weighted by Gasteiger charge is -2.29. The molecule has 0 radical (unpaired) electrons. The second-order valence-corrected chi connectivity index (χ2v) is 7.11. The molecule has 0 aliphatic heterocycles. The monoisotopic (exact) mass is 374 g/mol. The molecule has 1 aliphatic rings. The summed E-state index contributed by atoms with van der Waals surface area (Å²) in [5.41, 5.74) is 2.45. The number of ether oxygens (including phenoxy) is 1. The zero-order valence-corrected chi connectivity index (χ0v) is 15.4. The molecule has 2 amide bonds.